The van der Waals surface area contributed by atoms with Crippen molar-refractivity contribution < 1.29 is 24.2 Å². The van der Waals surface area contributed by atoms with E-state index in [1.54, 1.807) is 38.5 Å². The number of benzene rings is 3. The monoisotopic (exact) mass is 500 g/mol. The molecular weight excluding hydrogens is 476 g/mol. The Hall–Kier alpha value is -4.17. The molecule has 182 valence electrons. The largest absolute Gasteiger partial charge is 0.507 e. The van der Waals surface area contributed by atoms with Gasteiger partial charge in [0.15, 0.2) is 5.13 Å². The van der Waals surface area contributed by atoms with Crippen LogP contribution in [0.1, 0.15) is 28.3 Å². The highest BCUT2D eigenvalue weighted by Crippen LogP contribution is 2.45. The van der Waals surface area contributed by atoms with Gasteiger partial charge in [-0.05, 0) is 61.4 Å². The predicted molar refractivity (Wildman–Crippen MR) is 140 cm³/mol. The van der Waals surface area contributed by atoms with E-state index in [1.165, 1.54) is 16.2 Å². The van der Waals surface area contributed by atoms with Gasteiger partial charge in [0.2, 0.25) is 0 Å². The Morgan fingerprint density at radius 3 is 2.39 bits per heavy atom. The number of hydrogen-bond donors (Lipinski definition) is 1. The zero-order chi connectivity index (χ0) is 25.6. The van der Waals surface area contributed by atoms with Crippen LogP contribution in [0.15, 0.2) is 66.2 Å². The topological polar surface area (TPSA) is 89.0 Å². The number of aromatic nitrogens is 1. The van der Waals surface area contributed by atoms with Crippen molar-refractivity contribution in [3.8, 4) is 11.5 Å². The average Bonchev–Trinajstić information content (AvgIpc) is 3.41. The van der Waals surface area contributed by atoms with E-state index in [4.69, 9.17) is 9.47 Å². The number of amides is 1. The molecule has 1 unspecified atom stereocenters. The first kappa shape index (κ1) is 23.6. The van der Waals surface area contributed by atoms with Gasteiger partial charge in [0.25, 0.3) is 5.78 Å². The fourth-order valence-electron chi connectivity index (χ4n) is 4.48. The number of aliphatic hydroxyl groups excluding tert-OH is 1. The Bertz CT molecular complexity index is 1550. The number of methoxy groups -OCH3 is 2. The van der Waals surface area contributed by atoms with Gasteiger partial charge >= 0.3 is 5.91 Å². The first-order valence-corrected chi connectivity index (χ1v) is 12.1. The number of ketones is 1. The maximum absolute atomic E-state index is 13.5. The number of hydrogen-bond acceptors (Lipinski definition) is 7. The number of aryl methyl sites for hydroxylation is 2. The Balaban J connectivity index is 1.73. The molecule has 1 aliphatic heterocycles. The third-order valence-electron chi connectivity index (χ3n) is 6.28. The zero-order valence-corrected chi connectivity index (χ0v) is 21.1. The molecule has 0 saturated carbocycles. The van der Waals surface area contributed by atoms with Gasteiger partial charge in [-0.1, -0.05) is 41.2 Å². The number of thiazole rings is 1. The molecule has 0 radical (unpaired) electrons. The van der Waals surface area contributed by atoms with Crippen molar-refractivity contribution in [1.82, 2.24) is 4.98 Å². The van der Waals surface area contributed by atoms with Crippen LogP contribution in [-0.4, -0.2) is 36.0 Å². The number of ether oxygens (including phenoxy) is 2. The summed E-state index contributed by atoms with van der Waals surface area (Å²) in [5.74, 6) is -0.425. The van der Waals surface area contributed by atoms with Gasteiger partial charge in [-0.15, -0.1) is 0 Å². The highest BCUT2D eigenvalue weighted by molar-refractivity contribution is 7.22. The van der Waals surface area contributed by atoms with Crippen LogP contribution in [0.25, 0.3) is 16.0 Å². The van der Waals surface area contributed by atoms with Crippen molar-refractivity contribution in [2.75, 3.05) is 19.1 Å². The number of carbonyl (C=O) groups excluding carboxylic acids is 2. The lowest BCUT2D eigenvalue weighted by molar-refractivity contribution is -0.132. The van der Waals surface area contributed by atoms with E-state index in [1.807, 2.05) is 50.2 Å². The molecule has 1 fully saturated rings. The summed E-state index contributed by atoms with van der Waals surface area (Å²) in [4.78, 5) is 32.9. The molecule has 1 saturated heterocycles. The van der Waals surface area contributed by atoms with Crippen LogP contribution < -0.4 is 14.4 Å². The van der Waals surface area contributed by atoms with Gasteiger partial charge in [0.05, 0.1) is 36.1 Å². The molecule has 0 aliphatic carbocycles. The molecule has 1 amide bonds. The van der Waals surface area contributed by atoms with Crippen LogP contribution in [0.4, 0.5) is 5.13 Å². The molecule has 8 heteroatoms. The highest BCUT2D eigenvalue weighted by atomic mass is 32.1. The van der Waals surface area contributed by atoms with Gasteiger partial charge in [0, 0.05) is 5.56 Å². The van der Waals surface area contributed by atoms with E-state index in [2.05, 4.69) is 4.98 Å². The Kier molecular flexibility index (Phi) is 5.97. The average molecular weight is 501 g/mol. The van der Waals surface area contributed by atoms with Crippen molar-refractivity contribution in [2.45, 2.75) is 19.9 Å². The lowest BCUT2D eigenvalue weighted by atomic mass is 9.93. The molecule has 1 atom stereocenters. The molecule has 7 nitrogen and oxygen atoms in total. The van der Waals surface area contributed by atoms with Crippen molar-refractivity contribution in [3.63, 3.8) is 0 Å². The van der Waals surface area contributed by atoms with Gasteiger partial charge in [-0.2, -0.15) is 0 Å². The third-order valence-corrected chi connectivity index (χ3v) is 7.30. The summed E-state index contributed by atoms with van der Waals surface area (Å²) in [5, 5.41) is 11.8. The normalized spacial score (nSPS) is 17.1. The van der Waals surface area contributed by atoms with Crippen molar-refractivity contribution in [1.29, 1.82) is 0 Å². The summed E-state index contributed by atoms with van der Waals surface area (Å²) in [6.07, 6.45) is 0. The van der Waals surface area contributed by atoms with Crippen LogP contribution in [-0.2, 0) is 9.59 Å². The van der Waals surface area contributed by atoms with Crippen LogP contribution in [0.3, 0.4) is 0 Å². The summed E-state index contributed by atoms with van der Waals surface area (Å²) < 4.78 is 11.4. The smallest absolute Gasteiger partial charge is 0.301 e. The lowest BCUT2D eigenvalue weighted by Gasteiger charge is -2.23. The van der Waals surface area contributed by atoms with E-state index in [-0.39, 0.29) is 11.3 Å². The summed E-state index contributed by atoms with van der Waals surface area (Å²) in [7, 11) is 3.14. The van der Waals surface area contributed by atoms with Crippen molar-refractivity contribution in [3.05, 3.63) is 88.5 Å². The number of Topliss-reactive ketones (excluding diaryl/α,β-unsaturated/α-hetero) is 1. The zero-order valence-electron chi connectivity index (χ0n) is 20.2. The second-order valence-electron chi connectivity index (χ2n) is 8.59. The maximum atomic E-state index is 13.5. The molecule has 3 aromatic carbocycles. The van der Waals surface area contributed by atoms with Gasteiger partial charge < -0.3 is 14.6 Å². The molecule has 5 rings (SSSR count). The summed E-state index contributed by atoms with van der Waals surface area (Å²) >= 11 is 1.29. The Labute approximate surface area is 212 Å². The van der Waals surface area contributed by atoms with Gasteiger partial charge in [0.1, 0.15) is 17.3 Å². The molecule has 1 N–H and O–H groups in total. The molecule has 36 heavy (non-hydrogen) atoms. The number of rotatable bonds is 5. The van der Waals surface area contributed by atoms with Gasteiger partial charge in [-0.3, -0.25) is 14.5 Å². The third kappa shape index (κ3) is 3.89. The van der Waals surface area contributed by atoms with Crippen LogP contribution in [0.2, 0.25) is 0 Å². The number of nitrogens with zero attached hydrogens (tertiary/aromatic N) is 2. The second kappa shape index (κ2) is 9.13. The molecule has 4 aromatic rings. The predicted octanol–water partition coefficient (Wildman–Crippen LogP) is 5.56. The number of fused-ring (bicyclic) bond motifs is 1. The quantitative estimate of drug-likeness (QED) is 0.219. The van der Waals surface area contributed by atoms with Crippen molar-refractivity contribution >= 4 is 44.1 Å². The minimum absolute atomic E-state index is 0.0238. The first-order chi connectivity index (χ1) is 17.3. The van der Waals surface area contributed by atoms with Crippen LogP contribution in [0.5, 0.6) is 11.5 Å². The van der Waals surface area contributed by atoms with Crippen LogP contribution >= 0.6 is 11.3 Å². The highest BCUT2D eigenvalue weighted by Gasteiger charge is 2.48. The Morgan fingerprint density at radius 2 is 1.69 bits per heavy atom. The molecule has 0 spiro atoms. The molecular formula is C28H24N2O5S. The minimum Gasteiger partial charge on any atom is -0.507 e. The summed E-state index contributed by atoms with van der Waals surface area (Å²) in [6.45, 7) is 3.75. The lowest BCUT2D eigenvalue weighted by Crippen LogP contribution is -2.29. The van der Waals surface area contributed by atoms with Gasteiger partial charge in [-0.25, -0.2) is 4.98 Å². The Morgan fingerprint density at radius 1 is 0.972 bits per heavy atom. The molecule has 1 aliphatic rings. The van der Waals surface area contributed by atoms with E-state index < -0.39 is 17.7 Å². The number of carbonyl (C=O) groups is 2. The number of aliphatic hydroxyl groups is 1. The van der Waals surface area contributed by atoms with E-state index >= 15 is 0 Å². The fraction of sp³-hybridized carbons (Fsp3) is 0.179. The van der Waals surface area contributed by atoms with E-state index in [0.717, 1.165) is 10.3 Å². The maximum Gasteiger partial charge on any atom is 0.301 e. The molecule has 0 bridgehead atoms. The molecule has 1 aromatic heterocycles. The van der Waals surface area contributed by atoms with Crippen molar-refractivity contribution in [2.24, 2.45) is 0 Å². The van der Waals surface area contributed by atoms with E-state index in [0.29, 0.717) is 38.8 Å². The molecule has 2 heterocycles. The van der Waals surface area contributed by atoms with E-state index in [9.17, 15) is 14.7 Å². The summed E-state index contributed by atoms with van der Waals surface area (Å²) in [6, 6.07) is 17.3. The summed E-state index contributed by atoms with van der Waals surface area (Å²) in [5.41, 5.74) is 3.56. The number of anilines is 1. The van der Waals surface area contributed by atoms with Crippen LogP contribution in [0, 0.1) is 13.8 Å². The fourth-order valence-corrected chi connectivity index (χ4v) is 5.50. The SMILES string of the molecule is COc1ccc(/C(O)=C2\C(=O)C(=O)N(c3nc4ccc(OC)cc4s3)C2c2cccc(C)c2)c(C)c1. The minimum atomic E-state index is -0.839. The standard InChI is InChI=1S/C28H24N2O5S/c1-15-6-5-7-17(12-15)24-23(25(31)20-10-8-18(34-3)13-16(20)2)26(32)27(33)30(24)28-29-21-11-9-19(35-4)14-22(21)36-28/h5-14,24,31H,1-4H3/b25-23+. The first-order valence-electron chi connectivity index (χ1n) is 11.3. The second-order valence-corrected chi connectivity index (χ2v) is 9.60.